The topological polar surface area (TPSA) is 58.6 Å². The van der Waals surface area contributed by atoms with Gasteiger partial charge in [-0.25, -0.2) is 0 Å². The van der Waals surface area contributed by atoms with E-state index in [1.165, 1.54) is 11.6 Å². The van der Waals surface area contributed by atoms with Crippen LogP contribution in [0.2, 0.25) is 0 Å². The number of ether oxygens (including phenoxy) is 1. The van der Waals surface area contributed by atoms with E-state index in [2.05, 4.69) is 37.9 Å². The number of anilines is 2. The first-order chi connectivity index (χ1) is 14.2. The van der Waals surface area contributed by atoms with Crippen LogP contribution in [0, 0.1) is 0 Å². The molecular formula is C25H28N2O3. The van der Waals surface area contributed by atoms with Crippen molar-refractivity contribution in [3.05, 3.63) is 71.8 Å². The summed E-state index contributed by atoms with van der Waals surface area (Å²) in [6, 6.07) is 13.4. The summed E-state index contributed by atoms with van der Waals surface area (Å²) in [5.74, 6) is 0.701. The average molecular weight is 405 g/mol. The van der Waals surface area contributed by atoms with Gasteiger partial charge in [0.2, 0.25) is 5.91 Å². The van der Waals surface area contributed by atoms with Crippen molar-refractivity contribution < 1.29 is 14.3 Å². The number of benzene rings is 2. The van der Waals surface area contributed by atoms with Gasteiger partial charge in [-0.2, -0.15) is 0 Å². The summed E-state index contributed by atoms with van der Waals surface area (Å²) >= 11 is 0. The van der Waals surface area contributed by atoms with E-state index in [9.17, 15) is 9.59 Å². The molecule has 156 valence electrons. The fraction of sp³-hybridized carbons (Fsp3) is 0.280. The van der Waals surface area contributed by atoms with Crippen LogP contribution in [0.15, 0.2) is 60.7 Å². The monoisotopic (exact) mass is 404 g/mol. The standard InChI is InChI=1S/C25H28N2O3/c1-16(2)15-27-22-12-11-21(14-23(22)30-18(5)25(27)29)26-24(28)13-8-19-6-9-20(10-7-19)17(3)4/h6-14,17-18H,1,15H2,2-5H3,(H,26,28)/b13-8+. The second-order valence-electron chi connectivity index (χ2n) is 7.97. The lowest BCUT2D eigenvalue weighted by atomic mass is 10.0. The van der Waals surface area contributed by atoms with Crippen LogP contribution in [0.25, 0.3) is 6.08 Å². The van der Waals surface area contributed by atoms with Crippen molar-refractivity contribution in [3.8, 4) is 5.75 Å². The number of hydrogen-bond donors (Lipinski definition) is 1. The average Bonchev–Trinajstić information content (AvgIpc) is 2.70. The summed E-state index contributed by atoms with van der Waals surface area (Å²) in [6.07, 6.45) is 2.70. The Bertz CT molecular complexity index is 990. The zero-order chi connectivity index (χ0) is 21.8. The maximum atomic E-state index is 12.4. The summed E-state index contributed by atoms with van der Waals surface area (Å²) in [4.78, 5) is 26.5. The van der Waals surface area contributed by atoms with Crippen molar-refractivity contribution >= 4 is 29.3 Å². The molecule has 0 aromatic heterocycles. The Morgan fingerprint density at radius 2 is 1.93 bits per heavy atom. The van der Waals surface area contributed by atoms with Gasteiger partial charge in [0.05, 0.1) is 5.69 Å². The van der Waals surface area contributed by atoms with Crippen LogP contribution in [0.1, 0.15) is 44.7 Å². The van der Waals surface area contributed by atoms with E-state index in [-0.39, 0.29) is 11.8 Å². The lowest BCUT2D eigenvalue weighted by Crippen LogP contribution is -2.45. The molecule has 0 radical (unpaired) electrons. The summed E-state index contributed by atoms with van der Waals surface area (Å²) in [7, 11) is 0. The van der Waals surface area contributed by atoms with E-state index in [1.807, 2.05) is 19.1 Å². The Morgan fingerprint density at radius 1 is 1.23 bits per heavy atom. The van der Waals surface area contributed by atoms with Crippen molar-refractivity contribution in [2.24, 2.45) is 0 Å². The van der Waals surface area contributed by atoms with Crippen LogP contribution in [0.4, 0.5) is 11.4 Å². The highest BCUT2D eigenvalue weighted by molar-refractivity contribution is 6.03. The first kappa shape index (κ1) is 21.4. The number of fused-ring (bicyclic) bond motifs is 1. The summed E-state index contributed by atoms with van der Waals surface area (Å²) in [5, 5.41) is 2.85. The number of rotatable bonds is 6. The number of carbonyl (C=O) groups excluding carboxylic acids is 2. The van der Waals surface area contributed by atoms with Crippen molar-refractivity contribution in [2.75, 3.05) is 16.8 Å². The van der Waals surface area contributed by atoms with E-state index in [0.717, 1.165) is 11.1 Å². The lowest BCUT2D eigenvalue weighted by molar-refractivity contribution is -0.125. The Balaban J connectivity index is 1.71. The second-order valence-corrected chi connectivity index (χ2v) is 7.97. The molecular weight excluding hydrogens is 376 g/mol. The fourth-order valence-electron chi connectivity index (χ4n) is 3.27. The minimum atomic E-state index is -0.587. The molecule has 1 heterocycles. The predicted molar refractivity (Wildman–Crippen MR) is 122 cm³/mol. The second kappa shape index (κ2) is 8.99. The van der Waals surface area contributed by atoms with Crippen LogP contribution in [0.5, 0.6) is 5.75 Å². The van der Waals surface area contributed by atoms with Gasteiger partial charge in [-0.15, -0.1) is 0 Å². The molecule has 5 nitrogen and oxygen atoms in total. The molecule has 2 amide bonds. The van der Waals surface area contributed by atoms with Crippen molar-refractivity contribution in [1.82, 2.24) is 0 Å². The zero-order valence-corrected chi connectivity index (χ0v) is 17.9. The Kier molecular flexibility index (Phi) is 6.40. The van der Waals surface area contributed by atoms with Crippen molar-refractivity contribution in [2.45, 2.75) is 39.7 Å². The van der Waals surface area contributed by atoms with Gasteiger partial charge in [-0.05, 0) is 49.1 Å². The SMILES string of the molecule is C=C(C)CN1C(=O)C(C)Oc2cc(NC(=O)/C=C/c3ccc(C(C)C)cc3)ccc21. The highest BCUT2D eigenvalue weighted by Crippen LogP contribution is 2.36. The van der Waals surface area contributed by atoms with E-state index in [4.69, 9.17) is 4.74 Å². The molecule has 0 saturated heterocycles. The molecule has 1 atom stereocenters. The first-order valence-electron chi connectivity index (χ1n) is 10.1. The normalized spacial score (nSPS) is 15.8. The molecule has 0 aliphatic carbocycles. The first-order valence-corrected chi connectivity index (χ1v) is 10.1. The third-order valence-corrected chi connectivity index (χ3v) is 4.89. The molecule has 0 saturated carbocycles. The predicted octanol–water partition coefficient (Wildman–Crippen LogP) is 5.15. The van der Waals surface area contributed by atoms with Gasteiger partial charge in [-0.1, -0.05) is 50.3 Å². The fourth-order valence-corrected chi connectivity index (χ4v) is 3.27. The van der Waals surface area contributed by atoms with E-state index >= 15 is 0 Å². The minimum Gasteiger partial charge on any atom is -0.479 e. The number of carbonyl (C=O) groups is 2. The number of nitrogens with one attached hydrogen (secondary N) is 1. The molecule has 0 spiro atoms. The van der Waals surface area contributed by atoms with Crippen LogP contribution in [-0.4, -0.2) is 24.5 Å². The molecule has 0 bridgehead atoms. The van der Waals surface area contributed by atoms with Crippen LogP contribution in [0.3, 0.4) is 0 Å². The maximum Gasteiger partial charge on any atom is 0.268 e. The molecule has 2 aromatic rings. The minimum absolute atomic E-state index is 0.103. The molecule has 1 unspecified atom stereocenters. The Labute approximate surface area is 178 Å². The number of nitrogens with zero attached hydrogens (tertiary/aromatic N) is 1. The van der Waals surface area contributed by atoms with Crippen molar-refractivity contribution in [3.63, 3.8) is 0 Å². The van der Waals surface area contributed by atoms with Crippen LogP contribution in [-0.2, 0) is 9.59 Å². The molecule has 30 heavy (non-hydrogen) atoms. The van der Waals surface area contributed by atoms with Gasteiger partial charge in [0.1, 0.15) is 5.75 Å². The van der Waals surface area contributed by atoms with Gasteiger partial charge in [-0.3, -0.25) is 9.59 Å². The quantitative estimate of drug-likeness (QED) is 0.535. The maximum absolute atomic E-state index is 12.4. The van der Waals surface area contributed by atoms with Gasteiger partial charge < -0.3 is 15.0 Å². The van der Waals surface area contributed by atoms with Gasteiger partial charge in [0.25, 0.3) is 5.91 Å². The van der Waals surface area contributed by atoms with E-state index in [0.29, 0.717) is 29.6 Å². The molecule has 5 heteroatoms. The van der Waals surface area contributed by atoms with E-state index in [1.54, 1.807) is 36.1 Å². The highest BCUT2D eigenvalue weighted by Gasteiger charge is 2.31. The summed E-state index contributed by atoms with van der Waals surface area (Å²) in [6.45, 7) is 12.2. The Hall–Kier alpha value is -3.34. The molecule has 2 aromatic carbocycles. The molecule has 0 fully saturated rings. The van der Waals surface area contributed by atoms with Gasteiger partial charge >= 0.3 is 0 Å². The summed E-state index contributed by atoms with van der Waals surface area (Å²) in [5.41, 5.74) is 4.40. The van der Waals surface area contributed by atoms with Crippen LogP contribution >= 0.6 is 0 Å². The number of hydrogen-bond acceptors (Lipinski definition) is 3. The third kappa shape index (κ3) is 4.98. The summed E-state index contributed by atoms with van der Waals surface area (Å²) < 4.78 is 5.75. The largest absolute Gasteiger partial charge is 0.479 e. The Morgan fingerprint density at radius 3 is 2.57 bits per heavy atom. The van der Waals surface area contributed by atoms with E-state index < -0.39 is 6.10 Å². The van der Waals surface area contributed by atoms with Crippen LogP contribution < -0.4 is 15.0 Å². The smallest absolute Gasteiger partial charge is 0.268 e. The molecule has 1 N–H and O–H groups in total. The molecule has 1 aliphatic heterocycles. The number of amides is 2. The third-order valence-electron chi connectivity index (χ3n) is 4.89. The lowest BCUT2D eigenvalue weighted by Gasteiger charge is -2.33. The van der Waals surface area contributed by atoms with Gasteiger partial charge in [0, 0.05) is 24.4 Å². The highest BCUT2D eigenvalue weighted by atomic mass is 16.5. The zero-order valence-electron chi connectivity index (χ0n) is 17.9. The molecule has 1 aliphatic rings. The molecule has 3 rings (SSSR count). The van der Waals surface area contributed by atoms with Crippen molar-refractivity contribution in [1.29, 1.82) is 0 Å². The van der Waals surface area contributed by atoms with Gasteiger partial charge in [0.15, 0.2) is 6.10 Å².